The Hall–Kier alpha value is -1.18. The number of benzene rings is 1. The topological polar surface area (TPSA) is 68.8 Å². The Morgan fingerprint density at radius 1 is 1.38 bits per heavy atom. The van der Waals surface area contributed by atoms with E-state index in [9.17, 15) is 4.79 Å². The van der Waals surface area contributed by atoms with Crippen molar-refractivity contribution in [3.63, 3.8) is 0 Å². The number of nitrogens with one attached hydrogen (secondary N) is 2. The highest BCUT2D eigenvalue weighted by Gasteiger charge is 2.16. The lowest BCUT2D eigenvalue weighted by molar-refractivity contribution is -0.117. The number of carbonyl (C=O) groups is 1. The first-order valence-electron chi connectivity index (χ1n) is 8.13. The number of morpholine rings is 1. The van der Waals surface area contributed by atoms with Crippen molar-refractivity contribution >= 4 is 24.0 Å². The zero-order valence-corrected chi connectivity index (χ0v) is 14.9. The van der Waals surface area contributed by atoms with Crippen molar-refractivity contribution in [1.82, 2.24) is 5.32 Å². The van der Waals surface area contributed by atoms with Crippen LogP contribution in [0.25, 0.3) is 0 Å². The lowest BCUT2D eigenvalue weighted by Gasteiger charge is -2.23. The van der Waals surface area contributed by atoms with E-state index >= 15 is 0 Å². The Morgan fingerprint density at radius 3 is 2.96 bits per heavy atom. The third-order valence-electron chi connectivity index (χ3n) is 3.49. The van der Waals surface area contributed by atoms with E-state index in [-0.39, 0.29) is 24.4 Å². The first-order chi connectivity index (χ1) is 11.3. The summed E-state index contributed by atoms with van der Waals surface area (Å²) in [5.74, 6) is -0.0117. The van der Waals surface area contributed by atoms with Crippen LogP contribution in [0.5, 0.6) is 0 Å². The van der Waals surface area contributed by atoms with Crippen LogP contribution in [0.15, 0.2) is 24.3 Å². The Kier molecular flexibility index (Phi) is 10.6. The maximum Gasteiger partial charge on any atom is 0.226 e. The first kappa shape index (κ1) is 20.9. The maximum atomic E-state index is 12.1. The summed E-state index contributed by atoms with van der Waals surface area (Å²) in [5.41, 5.74) is 1.82. The summed E-state index contributed by atoms with van der Waals surface area (Å²) in [7, 11) is 0. The fourth-order valence-corrected chi connectivity index (χ4v) is 2.38. The highest BCUT2D eigenvalue weighted by atomic mass is 35.5. The van der Waals surface area contributed by atoms with Gasteiger partial charge in [0.2, 0.25) is 5.91 Å². The normalized spacial score (nSPS) is 17.1. The molecule has 1 aliphatic rings. The van der Waals surface area contributed by atoms with Gasteiger partial charge >= 0.3 is 0 Å². The molecule has 2 rings (SSSR count). The molecule has 6 nitrogen and oxygen atoms in total. The molecule has 1 fully saturated rings. The molecule has 1 unspecified atom stereocenters. The summed E-state index contributed by atoms with van der Waals surface area (Å²) in [4.78, 5) is 12.1. The van der Waals surface area contributed by atoms with Crippen LogP contribution in [0.3, 0.4) is 0 Å². The number of hydrogen-bond donors (Lipinski definition) is 2. The number of carbonyl (C=O) groups excluding carboxylic acids is 1. The van der Waals surface area contributed by atoms with E-state index in [0.29, 0.717) is 46.1 Å². The average Bonchev–Trinajstić information content (AvgIpc) is 2.56. The van der Waals surface area contributed by atoms with Gasteiger partial charge in [-0.1, -0.05) is 12.1 Å². The van der Waals surface area contributed by atoms with Crippen LogP contribution in [0, 0.1) is 0 Å². The van der Waals surface area contributed by atoms with Crippen LogP contribution in [0.4, 0.5) is 5.69 Å². The molecule has 24 heavy (non-hydrogen) atoms. The molecule has 1 atom stereocenters. The standard InChI is InChI=1S/C17H26N2O4.ClH/c1-2-21-8-9-23-12-14-4-3-5-15(10-14)19-17(20)11-16-13-22-7-6-18-16;/h3-5,10,16,18H,2,6-9,11-13H2,1H3,(H,19,20);1H. The van der Waals surface area contributed by atoms with E-state index in [1.54, 1.807) is 0 Å². The van der Waals surface area contributed by atoms with Gasteiger partial charge in [-0.15, -0.1) is 12.4 Å². The second-order valence-electron chi connectivity index (χ2n) is 5.43. The second-order valence-corrected chi connectivity index (χ2v) is 5.43. The summed E-state index contributed by atoms with van der Waals surface area (Å²) in [6.45, 7) is 6.43. The molecule has 7 heteroatoms. The van der Waals surface area contributed by atoms with Gasteiger partial charge in [-0.3, -0.25) is 4.79 Å². The molecule has 1 aromatic rings. The van der Waals surface area contributed by atoms with Crippen LogP contribution in [-0.2, 0) is 25.6 Å². The largest absolute Gasteiger partial charge is 0.379 e. The third kappa shape index (κ3) is 8.08. The minimum absolute atomic E-state index is 0. The molecule has 1 amide bonds. The summed E-state index contributed by atoms with van der Waals surface area (Å²) in [5, 5.41) is 6.20. The van der Waals surface area contributed by atoms with Crippen LogP contribution in [0.1, 0.15) is 18.9 Å². The van der Waals surface area contributed by atoms with Crippen molar-refractivity contribution in [1.29, 1.82) is 0 Å². The number of rotatable bonds is 9. The summed E-state index contributed by atoms with van der Waals surface area (Å²) < 4.78 is 16.1. The molecule has 0 bridgehead atoms. The van der Waals surface area contributed by atoms with Crippen molar-refractivity contribution in [2.75, 3.05) is 44.9 Å². The summed E-state index contributed by atoms with van der Waals surface area (Å²) in [6, 6.07) is 7.80. The molecule has 1 saturated heterocycles. The number of anilines is 1. The molecule has 1 aromatic carbocycles. The van der Waals surface area contributed by atoms with Crippen LogP contribution in [0.2, 0.25) is 0 Å². The SMILES string of the molecule is CCOCCOCc1cccc(NC(=O)CC2COCCN2)c1.Cl. The molecule has 0 saturated carbocycles. The Morgan fingerprint density at radius 2 is 2.21 bits per heavy atom. The highest BCUT2D eigenvalue weighted by Crippen LogP contribution is 2.12. The van der Waals surface area contributed by atoms with Gasteiger partial charge < -0.3 is 24.8 Å². The second kappa shape index (κ2) is 12.2. The van der Waals surface area contributed by atoms with E-state index in [0.717, 1.165) is 17.8 Å². The van der Waals surface area contributed by atoms with Crippen molar-refractivity contribution < 1.29 is 19.0 Å². The van der Waals surface area contributed by atoms with Crippen LogP contribution in [-0.4, -0.2) is 51.5 Å². The molecule has 0 aromatic heterocycles. The van der Waals surface area contributed by atoms with Gasteiger partial charge in [0.1, 0.15) is 0 Å². The third-order valence-corrected chi connectivity index (χ3v) is 3.49. The molecular formula is C17H27ClN2O4. The fraction of sp³-hybridized carbons (Fsp3) is 0.588. The summed E-state index contributed by atoms with van der Waals surface area (Å²) >= 11 is 0. The van der Waals surface area contributed by atoms with Gasteiger partial charge in [0.25, 0.3) is 0 Å². The first-order valence-corrected chi connectivity index (χ1v) is 8.13. The van der Waals surface area contributed by atoms with E-state index in [1.165, 1.54) is 0 Å². The molecular weight excluding hydrogens is 332 g/mol. The predicted molar refractivity (Wildman–Crippen MR) is 95.7 cm³/mol. The minimum Gasteiger partial charge on any atom is -0.379 e. The zero-order chi connectivity index (χ0) is 16.3. The lowest BCUT2D eigenvalue weighted by atomic mass is 10.1. The number of hydrogen-bond acceptors (Lipinski definition) is 5. The molecule has 1 aliphatic heterocycles. The quantitative estimate of drug-likeness (QED) is 0.661. The van der Waals surface area contributed by atoms with Crippen molar-refractivity contribution in [2.24, 2.45) is 0 Å². The Labute approximate surface area is 149 Å². The monoisotopic (exact) mass is 358 g/mol. The molecule has 136 valence electrons. The van der Waals surface area contributed by atoms with Crippen molar-refractivity contribution in [3.8, 4) is 0 Å². The minimum atomic E-state index is -0.0117. The predicted octanol–water partition coefficient (Wildman–Crippen LogP) is 1.98. The highest BCUT2D eigenvalue weighted by molar-refractivity contribution is 5.91. The van der Waals surface area contributed by atoms with E-state index in [2.05, 4.69) is 10.6 Å². The Balaban J connectivity index is 0.00000288. The molecule has 0 aliphatic carbocycles. The van der Waals surface area contributed by atoms with Gasteiger partial charge in [0, 0.05) is 31.3 Å². The van der Waals surface area contributed by atoms with E-state index in [4.69, 9.17) is 14.2 Å². The maximum absolute atomic E-state index is 12.1. The average molecular weight is 359 g/mol. The van der Waals surface area contributed by atoms with Crippen LogP contribution < -0.4 is 10.6 Å². The van der Waals surface area contributed by atoms with Crippen molar-refractivity contribution in [3.05, 3.63) is 29.8 Å². The molecule has 2 N–H and O–H groups in total. The van der Waals surface area contributed by atoms with Crippen molar-refractivity contribution in [2.45, 2.75) is 26.0 Å². The summed E-state index contributed by atoms with van der Waals surface area (Å²) in [6.07, 6.45) is 0.412. The molecule has 1 heterocycles. The van der Waals surface area contributed by atoms with Gasteiger partial charge in [-0.25, -0.2) is 0 Å². The Bertz CT molecular complexity index is 481. The van der Waals surface area contributed by atoms with Gasteiger partial charge in [-0.2, -0.15) is 0 Å². The lowest BCUT2D eigenvalue weighted by Crippen LogP contribution is -2.43. The van der Waals surface area contributed by atoms with E-state index < -0.39 is 0 Å². The van der Waals surface area contributed by atoms with Gasteiger partial charge in [-0.05, 0) is 24.6 Å². The number of ether oxygens (including phenoxy) is 3. The molecule has 0 radical (unpaired) electrons. The molecule has 0 spiro atoms. The van der Waals surface area contributed by atoms with Gasteiger partial charge in [0.15, 0.2) is 0 Å². The zero-order valence-electron chi connectivity index (χ0n) is 14.1. The fourth-order valence-electron chi connectivity index (χ4n) is 2.38. The van der Waals surface area contributed by atoms with Gasteiger partial charge in [0.05, 0.1) is 33.0 Å². The van der Waals surface area contributed by atoms with E-state index in [1.807, 2.05) is 31.2 Å². The number of halogens is 1. The van der Waals surface area contributed by atoms with Crippen LogP contribution >= 0.6 is 12.4 Å². The smallest absolute Gasteiger partial charge is 0.226 e. The number of amides is 1.